The van der Waals surface area contributed by atoms with Gasteiger partial charge in [-0.25, -0.2) is 0 Å². The molecule has 1 aliphatic heterocycles. The van der Waals surface area contributed by atoms with Gasteiger partial charge in [-0.2, -0.15) is 5.10 Å². The van der Waals surface area contributed by atoms with E-state index >= 15 is 0 Å². The Labute approximate surface area is 121 Å². The fraction of sp³-hybridized carbons (Fsp3) is 0.471. The van der Waals surface area contributed by atoms with Gasteiger partial charge in [0.05, 0.1) is 11.7 Å². The van der Waals surface area contributed by atoms with Crippen molar-refractivity contribution in [2.24, 2.45) is 5.92 Å². The van der Waals surface area contributed by atoms with E-state index in [-0.39, 0.29) is 0 Å². The van der Waals surface area contributed by atoms with Gasteiger partial charge in [-0.05, 0) is 49.9 Å². The first-order valence-corrected chi connectivity index (χ1v) is 7.65. The van der Waals surface area contributed by atoms with E-state index in [4.69, 9.17) is 0 Å². The van der Waals surface area contributed by atoms with E-state index in [0.29, 0.717) is 12.0 Å². The molecular weight excluding hydrogens is 246 g/mol. The van der Waals surface area contributed by atoms with Gasteiger partial charge in [0.2, 0.25) is 0 Å². The number of nitrogens with zero attached hydrogens (tertiary/aromatic N) is 2. The molecule has 1 saturated heterocycles. The standard InChI is InChI=1S/C17H23N3/c1-2-20-12-6-9-15(13-14-7-4-3-5-8-14)17(20)16-10-11-18-19-16/h3-5,7-8,10-11,15,17H,2,6,9,12-13H2,1H3,(H,18,19). The molecule has 3 nitrogen and oxygen atoms in total. The number of aromatic amines is 1. The zero-order valence-electron chi connectivity index (χ0n) is 12.1. The Balaban J connectivity index is 1.83. The third-order valence-electron chi connectivity index (χ3n) is 4.45. The molecule has 1 aromatic carbocycles. The Hall–Kier alpha value is -1.61. The first-order chi connectivity index (χ1) is 9.88. The van der Waals surface area contributed by atoms with Crippen molar-refractivity contribution in [2.45, 2.75) is 32.2 Å². The molecule has 0 saturated carbocycles. The van der Waals surface area contributed by atoms with E-state index in [1.54, 1.807) is 0 Å². The zero-order chi connectivity index (χ0) is 13.8. The second kappa shape index (κ2) is 6.23. The van der Waals surface area contributed by atoms with Crippen molar-refractivity contribution in [2.75, 3.05) is 13.1 Å². The molecule has 2 unspecified atom stereocenters. The first kappa shape index (κ1) is 13.4. The molecule has 3 heteroatoms. The zero-order valence-corrected chi connectivity index (χ0v) is 12.1. The number of H-pyrrole nitrogens is 1. The van der Waals surface area contributed by atoms with E-state index in [9.17, 15) is 0 Å². The average Bonchev–Trinajstić information content (AvgIpc) is 3.02. The minimum Gasteiger partial charge on any atom is -0.295 e. The van der Waals surface area contributed by atoms with Gasteiger partial charge >= 0.3 is 0 Å². The summed E-state index contributed by atoms with van der Waals surface area (Å²) in [6.07, 6.45) is 5.63. The highest BCUT2D eigenvalue weighted by molar-refractivity contribution is 5.17. The highest BCUT2D eigenvalue weighted by atomic mass is 15.2. The normalized spacial score (nSPS) is 23.9. The highest BCUT2D eigenvalue weighted by Crippen LogP contribution is 2.36. The van der Waals surface area contributed by atoms with E-state index in [1.165, 1.54) is 30.6 Å². The molecule has 2 atom stereocenters. The van der Waals surface area contributed by atoms with Crippen LogP contribution < -0.4 is 0 Å². The summed E-state index contributed by atoms with van der Waals surface area (Å²) in [5.74, 6) is 0.673. The maximum atomic E-state index is 4.16. The summed E-state index contributed by atoms with van der Waals surface area (Å²) in [5, 5.41) is 7.35. The summed E-state index contributed by atoms with van der Waals surface area (Å²) < 4.78 is 0. The SMILES string of the molecule is CCN1CCCC(Cc2ccccc2)C1c1ccn[nH]1. The number of aromatic nitrogens is 2. The Morgan fingerprint density at radius 2 is 2.10 bits per heavy atom. The Bertz CT molecular complexity index is 506. The minimum absolute atomic E-state index is 0.483. The van der Waals surface area contributed by atoms with Crippen molar-refractivity contribution in [1.82, 2.24) is 15.1 Å². The number of hydrogen-bond acceptors (Lipinski definition) is 2. The lowest BCUT2D eigenvalue weighted by Gasteiger charge is -2.40. The molecule has 20 heavy (non-hydrogen) atoms. The monoisotopic (exact) mass is 269 g/mol. The lowest BCUT2D eigenvalue weighted by atomic mass is 9.82. The molecule has 0 amide bonds. The van der Waals surface area contributed by atoms with Crippen molar-refractivity contribution >= 4 is 0 Å². The number of piperidine rings is 1. The van der Waals surface area contributed by atoms with Gasteiger partial charge in [-0.1, -0.05) is 37.3 Å². The third kappa shape index (κ3) is 2.78. The number of likely N-dealkylation sites (tertiary alicyclic amines) is 1. The number of hydrogen-bond donors (Lipinski definition) is 1. The predicted molar refractivity (Wildman–Crippen MR) is 81.4 cm³/mol. The van der Waals surface area contributed by atoms with Crippen LogP contribution in [0.3, 0.4) is 0 Å². The van der Waals surface area contributed by atoms with Crippen LogP contribution in [-0.2, 0) is 6.42 Å². The van der Waals surface area contributed by atoms with Gasteiger partial charge < -0.3 is 0 Å². The van der Waals surface area contributed by atoms with Crippen molar-refractivity contribution < 1.29 is 0 Å². The van der Waals surface area contributed by atoms with Gasteiger partial charge in [0.1, 0.15) is 0 Å². The van der Waals surface area contributed by atoms with E-state index in [1.807, 2.05) is 6.20 Å². The maximum absolute atomic E-state index is 4.16. The summed E-state index contributed by atoms with van der Waals surface area (Å²) in [6.45, 7) is 4.56. The smallest absolute Gasteiger partial charge is 0.0546 e. The second-order valence-corrected chi connectivity index (χ2v) is 5.68. The van der Waals surface area contributed by atoms with Crippen LogP contribution in [-0.4, -0.2) is 28.2 Å². The van der Waals surface area contributed by atoms with Crippen molar-refractivity contribution in [1.29, 1.82) is 0 Å². The van der Waals surface area contributed by atoms with Crippen LogP contribution in [0.2, 0.25) is 0 Å². The quantitative estimate of drug-likeness (QED) is 0.922. The summed E-state index contributed by atoms with van der Waals surface area (Å²) >= 11 is 0. The summed E-state index contributed by atoms with van der Waals surface area (Å²) in [6, 6.07) is 13.5. The predicted octanol–water partition coefficient (Wildman–Crippen LogP) is 3.43. The molecule has 1 N–H and O–H groups in total. The lowest BCUT2D eigenvalue weighted by molar-refractivity contribution is 0.0946. The summed E-state index contributed by atoms with van der Waals surface area (Å²) in [7, 11) is 0. The molecular formula is C17H23N3. The van der Waals surface area contributed by atoms with Crippen LogP contribution in [0.4, 0.5) is 0 Å². The molecule has 1 aliphatic rings. The molecule has 0 spiro atoms. The first-order valence-electron chi connectivity index (χ1n) is 7.65. The van der Waals surface area contributed by atoms with Crippen LogP contribution in [0.25, 0.3) is 0 Å². The van der Waals surface area contributed by atoms with E-state index in [0.717, 1.165) is 13.0 Å². The third-order valence-corrected chi connectivity index (χ3v) is 4.45. The van der Waals surface area contributed by atoms with Gasteiger partial charge in [-0.15, -0.1) is 0 Å². The van der Waals surface area contributed by atoms with Crippen LogP contribution in [0.5, 0.6) is 0 Å². The topological polar surface area (TPSA) is 31.9 Å². The molecule has 1 aromatic heterocycles. The van der Waals surface area contributed by atoms with Crippen molar-refractivity contribution in [3.8, 4) is 0 Å². The van der Waals surface area contributed by atoms with Crippen molar-refractivity contribution in [3.63, 3.8) is 0 Å². The molecule has 3 rings (SSSR count). The van der Waals surface area contributed by atoms with Crippen molar-refractivity contribution in [3.05, 3.63) is 53.9 Å². The summed E-state index contributed by atoms with van der Waals surface area (Å²) in [4.78, 5) is 2.59. The van der Waals surface area contributed by atoms with E-state index in [2.05, 4.69) is 58.4 Å². The Morgan fingerprint density at radius 3 is 2.80 bits per heavy atom. The van der Waals surface area contributed by atoms with Crippen LogP contribution in [0.15, 0.2) is 42.6 Å². The average molecular weight is 269 g/mol. The van der Waals surface area contributed by atoms with Crippen LogP contribution in [0, 0.1) is 5.92 Å². The van der Waals surface area contributed by atoms with E-state index < -0.39 is 0 Å². The van der Waals surface area contributed by atoms with Crippen LogP contribution in [0.1, 0.15) is 37.1 Å². The molecule has 106 valence electrons. The Morgan fingerprint density at radius 1 is 1.25 bits per heavy atom. The minimum atomic E-state index is 0.483. The molecule has 0 aliphatic carbocycles. The highest BCUT2D eigenvalue weighted by Gasteiger charge is 2.32. The van der Waals surface area contributed by atoms with Gasteiger partial charge in [0.25, 0.3) is 0 Å². The Kier molecular flexibility index (Phi) is 4.16. The molecule has 2 aromatic rings. The number of rotatable bonds is 4. The van der Waals surface area contributed by atoms with Gasteiger partial charge in [-0.3, -0.25) is 10.00 Å². The maximum Gasteiger partial charge on any atom is 0.0546 e. The van der Waals surface area contributed by atoms with Crippen LogP contribution >= 0.6 is 0 Å². The fourth-order valence-electron chi connectivity index (χ4n) is 3.52. The lowest BCUT2D eigenvalue weighted by Crippen LogP contribution is -2.39. The largest absolute Gasteiger partial charge is 0.295 e. The molecule has 2 heterocycles. The molecule has 0 radical (unpaired) electrons. The van der Waals surface area contributed by atoms with Gasteiger partial charge in [0, 0.05) is 6.20 Å². The number of benzene rings is 1. The molecule has 1 fully saturated rings. The summed E-state index contributed by atoms with van der Waals surface area (Å²) in [5.41, 5.74) is 2.72. The molecule has 0 bridgehead atoms. The second-order valence-electron chi connectivity index (χ2n) is 5.68. The fourth-order valence-corrected chi connectivity index (χ4v) is 3.52. The number of nitrogens with one attached hydrogen (secondary N) is 1. The van der Waals surface area contributed by atoms with Gasteiger partial charge in [0.15, 0.2) is 0 Å².